The fraction of sp³-hybridized carbons (Fsp3) is 0.0769. The van der Waals surface area contributed by atoms with E-state index in [0.29, 0.717) is 17.7 Å². The van der Waals surface area contributed by atoms with Gasteiger partial charge in [-0.15, -0.1) is 0 Å². The van der Waals surface area contributed by atoms with E-state index >= 15 is 0 Å². The van der Waals surface area contributed by atoms with Gasteiger partial charge in [0.25, 0.3) is 0 Å². The molecule has 0 bridgehead atoms. The lowest BCUT2D eigenvalue weighted by Gasteiger charge is -2.05. The van der Waals surface area contributed by atoms with Crippen LogP contribution in [0.4, 0.5) is 0 Å². The summed E-state index contributed by atoms with van der Waals surface area (Å²) in [6.07, 6.45) is 2.25. The van der Waals surface area contributed by atoms with Crippen molar-refractivity contribution in [3.8, 4) is 11.5 Å². The predicted molar refractivity (Wildman–Crippen MR) is 60.9 cm³/mol. The summed E-state index contributed by atoms with van der Waals surface area (Å²) in [5.41, 5.74) is 1.54. The fourth-order valence-electron chi connectivity index (χ4n) is 1.30. The van der Waals surface area contributed by atoms with Gasteiger partial charge < -0.3 is 4.74 Å². The van der Waals surface area contributed by atoms with E-state index in [2.05, 4.69) is 4.98 Å². The van der Waals surface area contributed by atoms with Crippen molar-refractivity contribution in [2.24, 2.45) is 0 Å². The van der Waals surface area contributed by atoms with Crippen molar-refractivity contribution in [3.63, 3.8) is 0 Å². The van der Waals surface area contributed by atoms with E-state index in [1.165, 1.54) is 5.56 Å². The summed E-state index contributed by atoms with van der Waals surface area (Å²) in [4.78, 5) is 14.4. The molecule has 0 saturated carbocycles. The molecular formula is C13H11NO2. The number of rotatable bonds is 3. The van der Waals surface area contributed by atoms with E-state index in [4.69, 9.17) is 4.74 Å². The summed E-state index contributed by atoms with van der Waals surface area (Å²) in [5, 5.41) is 0. The van der Waals surface area contributed by atoms with Crippen LogP contribution in [0.3, 0.4) is 0 Å². The number of ether oxygens (including phenoxy) is 1. The van der Waals surface area contributed by atoms with Gasteiger partial charge in [0.2, 0.25) is 0 Å². The number of benzene rings is 1. The Morgan fingerprint density at radius 1 is 1.12 bits per heavy atom. The van der Waals surface area contributed by atoms with Crippen LogP contribution < -0.4 is 4.74 Å². The van der Waals surface area contributed by atoms with Gasteiger partial charge in [-0.1, -0.05) is 17.7 Å². The molecular weight excluding hydrogens is 202 g/mol. The number of aldehydes is 1. The van der Waals surface area contributed by atoms with Gasteiger partial charge in [-0.25, -0.2) is 0 Å². The summed E-state index contributed by atoms with van der Waals surface area (Å²) in [7, 11) is 0. The minimum Gasteiger partial charge on any atom is -0.457 e. The molecule has 1 aromatic carbocycles. The normalized spacial score (nSPS) is 9.81. The topological polar surface area (TPSA) is 39.2 Å². The highest BCUT2D eigenvalue weighted by Crippen LogP contribution is 2.21. The highest BCUT2D eigenvalue weighted by atomic mass is 16.5. The molecule has 0 aliphatic rings. The van der Waals surface area contributed by atoms with Gasteiger partial charge in [-0.3, -0.25) is 9.78 Å². The third kappa shape index (κ3) is 2.45. The summed E-state index contributed by atoms with van der Waals surface area (Å²) < 4.78 is 5.58. The molecule has 0 spiro atoms. The minimum atomic E-state index is 0.365. The van der Waals surface area contributed by atoms with Gasteiger partial charge in [0.1, 0.15) is 17.2 Å². The zero-order valence-electron chi connectivity index (χ0n) is 8.88. The van der Waals surface area contributed by atoms with E-state index in [1.807, 2.05) is 31.2 Å². The molecule has 16 heavy (non-hydrogen) atoms. The first kappa shape index (κ1) is 10.4. The smallest absolute Gasteiger partial charge is 0.168 e. The lowest BCUT2D eigenvalue weighted by molar-refractivity contribution is 0.111. The quantitative estimate of drug-likeness (QED) is 0.736. The second kappa shape index (κ2) is 4.57. The highest BCUT2D eigenvalue weighted by Gasteiger charge is 1.98. The lowest BCUT2D eigenvalue weighted by Crippen LogP contribution is -1.89. The Hall–Kier alpha value is -2.16. The molecule has 3 nitrogen and oxygen atoms in total. The van der Waals surface area contributed by atoms with E-state index in [0.717, 1.165) is 5.75 Å². The van der Waals surface area contributed by atoms with Crippen molar-refractivity contribution in [1.82, 2.24) is 4.98 Å². The van der Waals surface area contributed by atoms with Crippen molar-refractivity contribution >= 4 is 6.29 Å². The maximum atomic E-state index is 10.5. The number of aryl methyl sites for hydroxylation is 1. The van der Waals surface area contributed by atoms with Crippen LogP contribution >= 0.6 is 0 Å². The number of carbonyl (C=O) groups is 1. The Morgan fingerprint density at radius 3 is 2.56 bits per heavy atom. The Morgan fingerprint density at radius 2 is 1.88 bits per heavy atom. The molecule has 80 valence electrons. The van der Waals surface area contributed by atoms with Crippen molar-refractivity contribution in [2.75, 3.05) is 0 Å². The van der Waals surface area contributed by atoms with Gasteiger partial charge >= 0.3 is 0 Å². The molecule has 0 N–H and O–H groups in total. The second-order valence-corrected chi connectivity index (χ2v) is 3.45. The molecule has 0 saturated heterocycles. The molecule has 0 radical (unpaired) electrons. The lowest BCUT2D eigenvalue weighted by atomic mass is 10.2. The van der Waals surface area contributed by atoms with E-state index < -0.39 is 0 Å². The van der Waals surface area contributed by atoms with Gasteiger partial charge in [0.15, 0.2) is 6.29 Å². The first-order valence-electron chi connectivity index (χ1n) is 4.94. The monoisotopic (exact) mass is 213 g/mol. The number of carbonyl (C=O) groups excluding carboxylic acids is 1. The fourth-order valence-corrected chi connectivity index (χ4v) is 1.30. The second-order valence-electron chi connectivity index (χ2n) is 3.45. The van der Waals surface area contributed by atoms with Crippen LogP contribution in [-0.4, -0.2) is 11.3 Å². The Balaban J connectivity index is 2.20. The molecule has 1 heterocycles. The highest BCUT2D eigenvalue weighted by molar-refractivity contribution is 5.72. The first-order chi connectivity index (χ1) is 7.78. The minimum absolute atomic E-state index is 0.365. The SMILES string of the molecule is Cc1ccc(Oc2ccnc(C=O)c2)cc1. The third-order valence-corrected chi connectivity index (χ3v) is 2.13. The summed E-state index contributed by atoms with van der Waals surface area (Å²) in [5.74, 6) is 1.36. The summed E-state index contributed by atoms with van der Waals surface area (Å²) in [6.45, 7) is 2.01. The number of aromatic nitrogens is 1. The third-order valence-electron chi connectivity index (χ3n) is 2.13. The predicted octanol–water partition coefficient (Wildman–Crippen LogP) is 2.99. The van der Waals surface area contributed by atoms with Crippen LogP contribution in [0.25, 0.3) is 0 Å². The first-order valence-corrected chi connectivity index (χ1v) is 4.94. The molecule has 0 fully saturated rings. The molecule has 0 aliphatic carbocycles. The molecule has 3 heteroatoms. The number of pyridine rings is 1. The van der Waals surface area contributed by atoms with E-state index in [1.54, 1.807) is 18.3 Å². The largest absolute Gasteiger partial charge is 0.457 e. The molecule has 2 rings (SSSR count). The van der Waals surface area contributed by atoms with E-state index in [9.17, 15) is 4.79 Å². The summed E-state index contributed by atoms with van der Waals surface area (Å²) >= 11 is 0. The molecule has 0 aliphatic heterocycles. The Labute approximate surface area is 93.7 Å². The van der Waals surface area contributed by atoms with Gasteiger partial charge in [0, 0.05) is 12.3 Å². The van der Waals surface area contributed by atoms with Crippen LogP contribution in [0, 0.1) is 6.92 Å². The number of hydrogen-bond acceptors (Lipinski definition) is 3. The van der Waals surface area contributed by atoms with Crippen molar-refractivity contribution < 1.29 is 9.53 Å². The zero-order valence-corrected chi connectivity index (χ0v) is 8.88. The number of nitrogens with zero attached hydrogens (tertiary/aromatic N) is 1. The standard InChI is InChI=1S/C13H11NO2/c1-10-2-4-12(5-3-10)16-13-6-7-14-11(8-13)9-15/h2-9H,1H3. The number of hydrogen-bond donors (Lipinski definition) is 0. The summed E-state index contributed by atoms with van der Waals surface area (Å²) in [6, 6.07) is 11.0. The van der Waals surface area contributed by atoms with Gasteiger partial charge in [0.05, 0.1) is 0 Å². The van der Waals surface area contributed by atoms with Gasteiger partial charge in [-0.2, -0.15) is 0 Å². The van der Waals surface area contributed by atoms with Crippen molar-refractivity contribution in [2.45, 2.75) is 6.92 Å². The molecule has 0 atom stereocenters. The van der Waals surface area contributed by atoms with Crippen LogP contribution in [0.5, 0.6) is 11.5 Å². The molecule has 0 amide bonds. The van der Waals surface area contributed by atoms with Crippen LogP contribution in [-0.2, 0) is 0 Å². The molecule has 2 aromatic rings. The maximum Gasteiger partial charge on any atom is 0.168 e. The Bertz CT molecular complexity index is 492. The van der Waals surface area contributed by atoms with Crippen molar-refractivity contribution in [3.05, 3.63) is 53.9 Å². The maximum absolute atomic E-state index is 10.5. The average molecular weight is 213 g/mol. The van der Waals surface area contributed by atoms with E-state index in [-0.39, 0.29) is 0 Å². The van der Waals surface area contributed by atoms with Crippen LogP contribution in [0.1, 0.15) is 16.1 Å². The zero-order chi connectivity index (χ0) is 11.4. The van der Waals surface area contributed by atoms with Crippen LogP contribution in [0.2, 0.25) is 0 Å². The van der Waals surface area contributed by atoms with Crippen LogP contribution in [0.15, 0.2) is 42.6 Å². The van der Waals surface area contributed by atoms with Crippen molar-refractivity contribution in [1.29, 1.82) is 0 Å². The van der Waals surface area contributed by atoms with Gasteiger partial charge in [-0.05, 0) is 25.1 Å². The molecule has 0 unspecified atom stereocenters. The molecule has 1 aromatic heterocycles. The average Bonchev–Trinajstić information content (AvgIpc) is 2.32. The Kier molecular flexibility index (Phi) is 2.96.